The third-order valence-electron chi connectivity index (χ3n) is 3.61. The first-order valence-corrected chi connectivity index (χ1v) is 8.19. The van der Waals surface area contributed by atoms with Gasteiger partial charge in [0, 0.05) is 18.6 Å². The third-order valence-corrected chi connectivity index (χ3v) is 3.61. The summed E-state index contributed by atoms with van der Waals surface area (Å²) in [5.74, 6) is 0. The highest BCUT2D eigenvalue weighted by Crippen LogP contribution is 2.26. The first-order valence-electron chi connectivity index (χ1n) is 8.19. The van der Waals surface area contributed by atoms with Crippen molar-refractivity contribution in [3.8, 4) is 0 Å². The van der Waals surface area contributed by atoms with Gasteiger partial charge in [0.15, 0.2) is 0 Å². The maximum absolute atomic E-state index is 9.41. The SMILES string of the molecule is CCCCOCCOCCOCCC(CO)(CO)CCC. The van der Waals surface area contributed by atoms with Crippen molar-refractivity contribution >= 4 is 0 Å². The molecule has 0 heterocycles. The fraction of sp³-hybridized carbons (Fsp3) is 1.00. The molecule has 5 heteroatoms. The molecule has 0 aliphatic heterocycles. The van der Waals surface area contributed by atoms with Crippen molar-refractivity contribution < 1.29 is 24.4 Å². The van der Waals surface area contributed by atoms with Crippen LogP contribution in [0.25, 0.3) is 0 Å². The Labute approximate surface area is 129 Å². The lowest BCUT2D eigenvalue weighted by atomic mass is 9.82. The normalized spacial score (nSPS) is 12.0. The fourth-order valence-electron chi connectivity index (χ4n) is 2.10. The Morgan fingerprint density at radius 2 is 1.19 bits per heavy atom. The van der Waals surface area contributed by atoms with E-state index in [2.05, 4.69) is 13.8 Å². The molecule has 0 aliphatic rings. The monoisotopic (exact) mass is 306 g/mol. The van der Waals surface area contributed by atoms with E-state index in [0.717, 1.165) is 32.3 Å². The average molecular weight is 306 g/mol. The average Bonchev–Trinajstić information content (AvgIpc) is 2.51. The molecule has 0 spiro atoms. The molecule has 5 nitrogen and oxygen atoms in total. The number of unbranched alkanes of at least 4 members (excludes halogenated alkanes) is 1. The molecule has 0 fully saturated rings. The Kier molecular flexibility index (Phi) is 14.6. The molecule has 0 rings (SSSR count). The van der Waals surface area contributed by atoms with Crippen molar-refractivity contribution in [2.75, 3.05) is 52.9 Å². The topological polar surface area (TPSA) is 68.2 Å². The van der Waals surface area contributed by atoms with Crippen LogP contribution in [0.1, 0.15) is 46.0 Å². The number of hydrogen-bond donors (Lipinski definition) is 2. The molecular weight excluding hydrogens is 272 g/mol. The zero-order chi connectivity index (χ0) is 15.8. The van der Waals surface area contributed by atoms with Crippen LogP contribution in [0, 0.1) is 5.41 Å². The first kappa shape index (κ1) is 20.8. The van der Waals surface area contributed by atoms with Crippen molar-refractivity contribution in [1.29, 1.82) is 0 Å². The van der Waals surface area contributed by atoms with E-state index < -0.39 is 5.41 Å². The molecule has 21 heavy (non-hydrogen) atoms. The van der Waals surface area contributed by atoms with Gasteiger partial charge in [0.05, 0.1) is 39.6 Å². The summed E-state index contributed by atoms with van der Waals surface area (Å²) in [7, 11) is 0. The van der Waals surface area contributed by atoms with Crippen molar-refractivity contribution in [2.24, 2.45) is 5.41 Å². The van der Waals surface area contributed by atoms with Gasteiger partial charge in [-0.3, -0.25) is 0 Å². The second kappa shape index (κ2) is 14.7. The van der Waals surface area contributed by atoms with E-state index in [0.29, 0.717) is 39.5 Å². The van der Waals surface area contributed by atoms with Crippen LogP contribution in [0.15, 0.2) is 0 Å². The fourth-order valence-corrected chi connectivity index (χ4v) is 2.10. The second-order valence-corrected chi connectivity index (χ2v) is 5.51. The molecule has 0 amide bonds. The van der Waals surface area contributed by atoms with Crippen molar-refractivity contribution in [3.63, 3.8) is 0 Å². The minimum absolute atomic E-state index is 0.00625. The summed E-state index contributed by atoms with van der Waals surface area (Å²) >= 11 is 0. The second-order valence-electron chi connectivity index (χ2n) is 5.51. The minimum Gasteiger partial charge on any atom is -0.396 e. The number of aliphatic hydroxyl groups is 2. The van der Waals surface area contributed by atoms with Crippen LogP contribution in [0.3, 0.4) is 0 Å². The third kappa shape index (κ3) is 11.1. The summed E-state index contributed by atoms with van der Waals surface area (Å²) in [4.78, 5) is 0. The van der Waals surface area contributed by atoms with Crippen LogP contribution in [-0.4, -0.2) is 63.1 Å². The van der Waals surface area contributed by atoms with Crippen LogP contribution < -0.4 is 0 Å². The van der Waals surface area contributed by atoms with Crippen LogP contribution in [0.2, 0.25) is 0 Å². The molecular formula is C16H34O5. The Hall–Kier alpha value is -0.200. The summed E-state index contributed by atoms with van der Waals surface area (Å²) in [5, 5.41) is 18.8. The van der Waals surface area contributed by atoms with Crippen molar-refractivity contribution in [1.82, 2.24) is 0 Å². The largest absolute Gasteiger partial charge is 0.396 e. The van der Waals surface area contributed by atoms with Crippen LogP contribution in [-0.2, 0) is 14.2 Å². The van der Waals surface area contributed by atoms with Gasteiger partial charge >= 0.3 is 0 Å². The van der Waals surface area contributed by atoms with E-state index in [1.54, 1.807) is 0 Å². The Balaban J connectivity index is 3.42. The zero-order valence-corrected chi connectivity index (χ0v) is 13.8. The lowest BCUT2D eigenvalue weighted by Crippen LogP contribution is -2.31. The Bertz CT molecular complexity index is 207. The van der Waals surface area contributed by atoms with Gasteiger partial charge in [0.1, 0.15) is 0 Å². The minimum atomic E-state index is -0.400. The predicted octanol–water partition coefficient (Wildman–Crippen LogP) is 2.00. The van der Waals surface area contributed by atoms with E-state index in [4.69, 9.17) is 14.2 Å². The maximum Gasteiger partial charge on any atom is 0.0701 e. The van der Waals surface area contributed by atoms with Crippen molar-refractivity contribution in [2.45, 2.75) is 46.0 Å². The van der Waals surface area contributed by atoms with Crippen LogP contribution in [0.5, 0.6) is 0 Å². The standard InChI is InChI=1S/C16H34O5/c1-3-5-8-19-10-12-21-13-11-20-9-7-16(14-17,15-18)6-4-2/h17-18H,3-15H2,1-2H3. The smallest absolute Gasteiger partial charge is 0.0701 e. The highest BCUT2D eigenvalue weighted by atomic mass is 16.5. The number of aliphatic hydroxyl groups excluding tert-OH is 2. The van der Waals surface area contributed by atoms with E-state index in [-0.39, 0.29) is 13.2 Å². The van der Waals surface area contributed by atoms with Gasteiger partial charge in [-0.2, -0.15) is 0 Å². The molecule has 0 aromatic heterocycles. The predicted molar refractivity (Wildman–Crippen MR) is 83.5 cm³/mol. The Morgan fingerprint density at radius 1 is 0.667 bits per heavy atom. The molecule has 0 aromatic carbocycles. The summed E-state index contributed by atoms with van der Waals surface area (Å²) < 4.78 is 16.3. The number of ether oxygens (including phenoxy) is 3. The molecule has 0 saturated heterocycles. The molecule has 2 N–H and O–H groups in total. The lowest BCUT2D eigenvalue weighted by Gasteiger charge is -2.29. The van der Waals surface area contributed by atoms with Crippen LogP contribution in [0.4, 0.5) is 0 Å². The summed E-state index contributed by atoms with van der Waals surface area (Å²) in [5.41, 5.74) is -0.400. The molecule has 0 atom stereocenters. The lowest BCUT2D eigenvalue weighted by molar-refractivity contribution is -0.0120. The molecule has 0 aromatic rings. The quantitative estimate of drug-likeness (QED) is 0.427. The summed E-state index contributed by atoms with van der Waals surface area (Å²) in [6.45, 7) is 7.87. The maximum atomic E-state index is 9.41. The zero-order valence-electron chi connectivity index (χ0n) is 13.8. The number of hydrogen-bond acceptors (Lipinski definition) is 5. The molecule has 0 unspecified atom stereocenters. The molecule has 0 bridgehead atoms. The van der Waals surface area contributed by atoms with Crippen LogP contribution >= 0.6 is 0 Å². The first-order chi connectivity index (χ1) is 10.2. The highest BCUT2D eigenvalue weighted by molar-refractivity contribution is 4.77. The van der Waals surface area contributed by atoms with Gasteiger partial charge in [-0.25, -0.2) is 0 Å². The van der Waals surface area contributed by atoms with Gasteiger partial charge in [0.2, 0.25) is 0 Å². The van der Waals surface area contributed by atoms with Gasteiger partial charge in [-0.15, -0.1) is 0 Å². The van der Waals surface area contributed by atoms with Gasteiger partial charge in [-0.1, -0.05) is 26.7 Å². The van der Waals surface area contributed by atoms with Gasteiger partial charge < -0.3 is 24.4 Å². The Morgan fingerprint density at radius 3 is 1.67 bits per heavy atom. The summed E-state index contributed by atoms with van der Waals surface area (Å²) in [6.07, 6.45) is 4.68. The molecule has 0 radical (unpaired) electrons. The number of rotatable bonds is 16. The van der Waals surface area contributed by atoms with E-state index in [9.17, 15) is 10.2 Å². The van der Waals surface area contributed by atoms with Crippen molar-refractivity contribution in [3.05, 3.63) is 0 Å². The van der Waals surface area contributed by atoms with Gasteiger partial charge in [-0.05, 0) is 19.3 Å². The molecule has 128 valence electrons. The molecule has 0 aliphatic carbocycles. The molecule has 0 saturated carbocycles. The van der Waals surface area contributed by atoms with E-state index >= 15 is 0 Å². The van der Waals surface area contributed by atoms with E-state index in [1.165, 1.54) is 0 Å². The highest BCUT2D eigenvalue weighted by Gasteiger charge is 2.27. The van der Waals surface area contributed by atoms with E-state index in [1.807, 2.05) is 0 Å². The van der Waals surface area contributed by atoms with Gasteiger partial charge in [0.25, 0.3) is 0 Å². The summed E-state index contributed by atoms with van der Waals surface area (Å²) in [6, 6.07) is 0.